The Kier molecular flexibility index (Phi) is 9.41. The van der Waals surface area contributed by atoms with Gasteiger partial charge in [-0.3, -0.25) is 9.59 Å². The lowest BCUT2D eigenvalue weighted by atomic mass is 10.1. The van der Waals surface area contributed by atoms with Crippen LogP contribution in [0.3, 0.4) is 0 Å². The Hall–Kier alpha value is -2.80. The first-order valence-corrected chi connectivity index (χ1v) is 10.3. The van der Waals surface area contributed by atoms with Crippen molar-refractivity contribution >= 4 is 11.8 Å². The summed E-state index contributed by atoms with van der Waals surface area (Å²) in [4.78, 5) is 29.6. The van der Waals surface area contributed by atoms with E-state index in [-0.39, 0.29) is 18.4 Å². The number of nitrogens with zero attached hydrogens (tertiary/aromatic N) is 3. The number of hydrogen-bond donors (Lipinski definition) is 0. The average Bonchev–Trinajstić information content (AvgIpc) is 3.17. The van der Waals surface area contributed by atoms with Gasteiger partial charge in [0.25, 0.3) is 5.91 Å². The lowest BCUT2D eigenvalue weighted by Gasteiger charge is -2.28. The minimum atomic E-state index is -0.148. The van der Waals surface area contributed by atoms with Crippen LogP contribution in [-0.4, -0.2) is 66.6 Å². The SMILES string of the molecule is CCCCN(CC(=O)N(CCOC)Cc1cccn1C)C(=O)c1ccc(OC)cc1. The molecular formula is C23H33N3O4. The molecule has 0 aliphatic carbocycles. The van der Waals surface area contributed by atoms with Gasteiger partial charge in [0.2, 0.25) is 5.91 Å². The molecule has 2 aromatic rings. The van der Waals surface area contributed by atoms with Gasteiger partial charge in [-0.15, -0.1) is 0 Å². The first kappa shape index (κ1) is 23.5. The molecule has 0 atom stereocenters. The van der Waals surface area contributed by atoms with Gasteiger partial charge in [0.05, 0.1) is 20.3 Å². The van der Waals surface area contributed by atoms with Gasteiger partial charge in [0.1, 0.15) is 12.3 Å². The number of hydrogen-bond acceptors (Lipinski definition) is 4. The van der Waals surface area contributed by atoms with Crippen molar-refractivity contribution in [2.24, 2.45) is 7.05 Å². The number of benzene rings is 1. The van der Waals surface area contributed by atoms with E-state index in [4.69, 9.17) is 9.47 Å². The number of unbranched alkanes of at least 4 members (excludes halogenated alkanes) is 1. The maximum absolute atomic E-state index is 13.1. The summed E-state index contributed by atoms with van der Waals surface area (Å²) in [6.07, 6.45) is 3.73. The van der Waals surface area contributed by atoms with E-state index in [2.05, 4.69) is 6.92 Å². The van der Waals surface area contributed by atoms with Crippen LogP contribution >= 0.6 is 0 Å². The second kappa shape index (κ2) is 12.0. The number of aromatic nitrogens is 1. The molecule has 7 heteroatoms. The number of carbonyl (C=O) groups excluding carboxylic acids is 2. The minimum Gasteiger partial charge on any atom is -0.497 e. The predicted octanol–water partition coefficient (Wildman–Crippen LogP) is 2.95. The van der Waals surface area contributed by atoms with Crippen LogP contribution in [0.15, 0.2) is 42.6 Å². The summed E-state index contributed by atoms with van der Waals surface area (Å²) >= 11 is 0. The fourth-order valence-corrected chi connectivity index (χ4v) is 3.13. The Labute approximate surface area is 179 Å². The van der Waals surface area contributed by atoms with Crippen LogP contribution in [0.5, 0.6) is 5.75 Å². The lowest BCUT2D eigenvalue weighted by molar-refractivity contribution is -0.133. The summed E-state index contributed by atoms with van der Waals surface area (Å²) in [6, 6.07) is 10.9. The van der Waals surface area contributed by atoms with E-state index in [9.17, 15) is 9.59 Å². The molecule has 0 aliphatic heterocycles. The fraction of sp³-hybridized carbons (Fsp3) is 0.478. The van der Waals surface area contributed by atoms with Crippen molar-refractivity contribution in [1.82, 2.24) is 14.4 Å². The molecule has 30 heavy (non-hydrogen) atoms. The Morgan fingerprint density at radius 3 is 2.33 bits per heavy atom. The minimum absolute atomic E-state index is 0.0407. The summed E-state index contributed by atoms with van der Waals surface area (Å²) in [5, 5.41) is 0. The molecule has 0 aliphatic rings. The maximum Gasteiger partial charge on any atom is 0.254 e. The van der Waals surface area contributed by atoms with Crippen molar-refractivity contribution in [3.05, 3.63) is 53.9 Å². The molecule has 1 aromatic carbocycles. The van der Waals surface area contributed by atoms with Crippen molar-refractivity contribution in [2.75, 3.05) is 40.5 Å². The van der Waals surface area contributed by atoms with Crippen molar-refractivity contribution in [2.45, 2.75) is 26.3 Å². The number of carbonyl (C=O) groups is 2. The first-order chi connectivity index (χ1) is 14.5. The molecule has 0 spiro atoms. The molecule has 7 nitrogen and oxygen atoms in total. The average molecular weight is 416 g/mol. The van der Waals surface area contributed by atoms with Crippen LogP contribution in [0.4, 0.5) is 0 Å². The summed E-state index contributed by atoms with van der Waals surface area (Å²) < 4.78 is 12.3. The fourth-order valence-electron chi connectivity index (χ4n) is 3.13. The quantitative estimate of drug-likeness (QED) is 0.535. The molecular weight excluding hydrogens is 382 g/mol. The van der Waals surface area contributed by atoms with Gasteiger partial charge in [-0.05, 0) is 42.8 Å². The van der Waals surface area contributed by atoms with Gasteiger partial charge in [0, 0.05) is 44.7 Å². The van der Waals surface area contributed by atoms with Gasteiger partial charge in [-0.25, -0.2) is 0 Å². The van der Waals surface area contributed by atoms with Crippen LogP contribution in [0.2, 0.25) is 0 Å². The highest BCUT2D eigenvalue weighted by molar-refractivity contribution is 5.96. The monoisotopic (exact) mass is 415 g/mol. The third-order valence-electron chi connectivity index (χ3n) is 5.05. The van der Waals surface area contributed by atoms with Crippen LogP contribution in [0.1, 0.15) is 35.8 Å². The van der Waals surface area contributed by atoms with Gasteiger partial charge < -0.3 is 23.8 Å². The van der Waals surface area contributed by atoms with E-state index >= 15 is 0 Å². The van der Waals surface area contributed by atoms with Crippen LogP contribution < -0.4 is 4.74 Å². The summed E-state index contributed by atoms with van der Waals surface area (Å²) in [7, 11) is 5.16. The van der Waals surface area contributed by atoms with Crippen molar-refractivity contribution < 1.29 is 19.1 Å². The van der Waals surface area contributed by atoms with Crippen molar-refractivity contribution in [3.8, 4) is 5.75 Å². The molecule has 0 unspecified atom stereocenters. The molecule has 1 heterocycles. The largest absolute Gasteiger partial charge is 0.497 e. The Morgan fingerprint density at radius 1 is 1.03 bits per heavy atom. The molecule has 0 bridgehead atoms. The molecule has 0 saturated heterocycles. The smallest absolute Gasteiger partial charge is 0.254 e. The molecule has 164 valence electrons. The number of aryl methyl sites for hydroxylation is 1. The molecule has 2 rings (SSSR count). The first-order valence-electron chi connectivity index (χ1n) is 10.3. The highest BCUT2D eigenvalue weighted by atomic mass is 16.5. The molecule has 0 radical (unpaired) electrons. The van der Waals surface area contributed by atoms with Gasteiger partial charge in [-0.2, -0.15) is 0 Å². The van der Waals surface area contributed by atoms with Crippen LogP contribution in [0, 0.1) is 0 Å². The van der Waals surface area contributed by atoms with Crippen LogP contribution in [0.25, 0.3) is 0 Å². The van der Waals surface area contributed by atoms with Crippen molar-refractivity contribution in [1.29, 1.82) is 0 Å². The van der Waals surface area contributed by atoms with E-state index in [1.165, 1.54) is 0 Å². The Morgan fingerprint density at radius 2 is 1.77 bits per heavy atom. The van der Waals surface area contributed by atoms with E-state index in [0.29, 0.717) is 37.6 Å². The maximum atomic E-state index is 13.1. The van der Waals surface area contributed by atoms with Crippen LogP contribution in [-0.2, 0) is 23.1 Å². The zero-order valence-electron chi connectivity index (χ0n) is 18.5. The third-order valence-corrected chi connectivity index (χ3v) is 5.05. The van der Waals surface area contributed by atoms with Gasteiger partial charge in [-0.1, -0.05) is 13.3 Å². The molecule has 2 amide bonds. The Bertz CT molecular complexity index is 801. The van der Waals surface area contributed by atoms with E-state index < -0.39 is 0 Å². The summed E-state index contributed by atoms with van der Waals surface area (Å²) in [5.74, 6) is 0.451. The lowest BCUT2D eigenvalue weighted by Crippen LogP contribution is -2.44. The highest BCUT2D eigenvalue weighted by Gasteiger charge is 2.22. The molecule has 0 saturated carbocycles. The molecule has 0 N–H and O–H groups in total. The molecule has 1 aromatic heterocycles. The van der Waals surface area contributed by atoms with E-state index in [1.54, 1.807) is 48.3 Å². The molecule has 0 fully saturated rings. The van der Waals surface area contributed by atoms with E-state index in [1.807, 2.05) is 29.9 Å². The number of ether oxygens (including phenoxy) is 2. The normalized spacial score (nSPS) is 10.7. The second-order valence-corrected chi connectivity index (χ2v) is 7.23. The summed E-state index contributed by atoms with van der Waals surface area (Å²) in [5.41, 5.74) is 1.58. The zero-order chi connectivity index (χ0) is 21.9. The Balaban J connectivity index is 2.14. The predicted molar refractivity (Wildman–Crippen MR) is 117 cm³/mol. The van der Waals surface area contributed by atoms with Gasteiger partial charge in [0.15, 0.2) is 0 Å². The second-order valence-electron chi connectivity index (χ2n) is 7.23. The number of rotatable bonds is 12. The zero-order valence-corrected chi connectivity index (χ0v) is 18.5. The number of amides is 2. The number of methoxy groups -OCH3 is 2. The van der Waals surface area contributed by atoms with Gasteiger partial charge >= 0.3 is 0 Å². The topological polar surface area (TPSA) is 64.0 Å². The summed E-state index contributed by atoms with van der Waals surface area (Å²) in [6.45, 7) is 4.03. The highest BCUT2D eigenvalue weighted by Crippen LogP contribution is 2.14. The van der Waals surface area contributed by atoms with Crippen molar-refractivity contribution in [3.63, 3.8) is 0 Å². The third kappa shape index (κ3) is 6.62. The standard InChI is InChI=1S/C23H33N3O4/c1-5-6-14-26(23(28)19-9-11-21(30-4)12-10-19)18-22(27)25(15-16-29-3)17-20-8-7-13-24(20)2/h7-13H,5-6,14-18H2,1-4H3. The van der Waals surface area contributed by atoms with E-state index in [0.717, 1.165) is 18.5 Å².